The highest BCUT2D eigenvalue weighted by atomic mass is 35.5. The summed E-state index contributed by atoms with van der Waals surface area (Å²) in [6, 6.07) is 15.5. The molecular formula is C24H16Cl2N4S4. The Balaban J connectivity index is 1.75. The van der Waals surface area contributed by atoms with Gasteiger partial charge in [-0.1, -0.05) is 70.2 Å². The van der Waals surface area contributed by atoms with Crippen molar-refractivity contribution < 1.29 is 0 Å². The van der Waals surface area contributed by atoms with Crippen LogP contribution in [-0.4, -0.2) is 19.9 Å². The molecule has 4 nitrogen and oxygen atoms in total. The summed E-state index contributed by atoms with van der Waals surface area (Å²) in [5.74, 6) is 0. The maximum absolute atomic E-state index is 6.99. The normalized spacial score (nSPS) is 10.5. The molecule has 4 aromatic heterocycles. The van der Waals surface area contributed by atoms with Gasteiger partial charge in [0.2, 0.25) is 0 Å². The summed E-state index contributed by atoms with van der Waals surface area (Å²) in [5.41, 5.74) is 0. The molecule has 4 aromatic rings. The third kappa shape index (κ3) is 7.53. The molecule has 170 valence electrons. The molecule has 0 amide bonds. The van der Waals surface area contributed by atoms with Crippen molar-refractivity contribution in [2.24, 2.45) is 0 Å². The van der Waals surface area contributed by atoms with Gasteiger partial charge in [0.25, 0.3) is 0 Å². The zero-order chi connectivity index (χ0) is 23.6. The van der Waals surface area contributed by atoms with E-state index < -0.39 is 0 Å². The highest BCUT2D eigenvalue weighted by Crippen LogP contribution is 2.49. The standard InChI is InChI=1S/C24H16Cl2N4S4/c25-21(23(31-17-1-9-27-10-2-17)32-18-3-11-28-12-4-18)22(26)24(33-19-5-13-29-14-6-19)34-20-7-15-30-16-8-20/h1-16H. The predicted molar refractivity (Wildman–Crippen MR) is 146 cm³/mol. The number of allylic oxidation sites excluding steroid dienone is 2. The van der Waals surface area contributed by atoms with Crippen LogP contribution >= 0.6 is 70.2 Å². The van der Waals surface area contributed by atoms with Gasteiger partial charge in [0.15, 0.2) is 0 Å². The van der Waals surface area contributed by atoms with Gasteiger partial charge >= 0.3 is 0 Å². The van der Waals surface area contributed by atoms with Crippen molar-refractivity contribution in [1.82, 2.24) is 19.9 Å². The van der Waals surface area contributed by atoms with E-state index in [2.05, 4.69) is 19.9 Å². The molecule has 0 aliphatic heterocycles. The van der Waals surface area contributed by atoms with Crippen LogP contribution in [-0.2, 0) is 0 Å². The lowest BCUT2D eigenvalue weighted by Crippen LogP contribution is -1.86. The van der Waals surface area contributed by atoms with Crippen molar-refractivity contribution in [3.05, 3.63) is 117 Å². The van der Waals surface area contributed by atoms with Crippen molar-refractivity contribution >= 4 is 70.2 Å². The summed E-state index contributed by atoms with van der Waals surface area (Å²) < 4.78 is 1.71. The Morgan fingerprint density at radius 2 is 0.618 bits per heavy atom. The Morgan fingerprint density at radius 3 is 0.824 bits per heavy atom. The second kappa shape index (κ2) is 13.2. The van der Waals surface area contributed by atoms with Crippen LogP contribution in [0, 0.1) is 0 Å². The lowest BCUT2D eigenvalue weighted by Gasteiger charge is -2.14. The zero-order valence-corrected chi connectivity index (χ0v) is 22.2. The molecule has 0 aliphatic rings. The van der Waals surface area contributed by atoms with Crippen LogP contribution in [0.2, 0.25) is 0 Å². The van der Waals surface area contributed by atoms with Crippen LogP contribution in [0.1, 0.15) is 0 Å². The number of hydrogen-bond donors (Lipinski definition) is 0. The van der Waals surface area contributed by atoms with E-state index in [1.165, 1.54) is 0 Å². The Labute approximate surface area is 225 Å². The second-order valence-corrected chi connectivity index (χ2v) is 12.0. The molecule has 0 N–H and O–H groups in total. The topological polar surface area (TPSA) is 51.6 Å². The molecule has 0 aliphatic carbocycles. The summed E-state index contributed by atoms with van der Waals surface area (Å²) >= 11 is 20.2. The van der Waals surface area contributed by atoms with E-state index in [-0.39, 0.29) is 0 Å². The minimum Gasteiger partial charge on any atom is -0.265 e. The summed E-state index contributed by atoms with van der Waals surface area (Å²) in [4.78, 5) is 20.5. The van der Waals surface area contributed by atoms with Gasteiger partial charge in [-0.25, -0.2) is 0 Å². The van der Waals surface area contributed by atoms with Gasteiger partial charge in [0.1, 0.15) is 0 Å². The summed E-state index contributed by atoms with van der Waals surface area (Å²) in [6.07, 6.45) is 14.1. The molecule has 34 heavy (non-hydrogen) atoms. The first-order chi connectivity index (χ1) is 16.7. The fourth-order valence-electron chi connectivity index (χ4n) is 2.45. The van der Waals surface area contributed by atoms with Crippen LogP contribution < -0.4 is 0 Å². The summed E-state index contributed by atoms with van der Waals surface area (Å²) in [6.45, 7) is 0. The highest BCUT2D eigenvalue weighted by Gasteiger charge is 2.18. The van der Waals surface area contributed by atoms with Gasteiger partial charge in [-0.05, 0) is 48.5 Å². The predicted octanol–water partition coefficient (Wildman–Crippen LogP) is 8.55. The number of nitrogens with zero attached hydrogens (tertiary/aromatic N) is 4. The van der Waals surface area contributed by atoms with E-state index in [0.717, 1.165) is 28.1 Å². The van der Waals surface area contributed by atoms with E-state index in [1.54, 1.807) is 96.6 Å². The van der Waals surface area contributed by atoms with Crippen LogP contribution in [0.25, 0.3) is 0 Å². The number of rotatable bonds is 9. The van der Waals surface area contributed by atoms with E-state index in [0.29, 0.717) is 10.1 Å². The smallest absolute Gasteiger partial charge is 0.0816 e. The minimum atomic E-state index is 0.475. The fourth-order valence-corrected chi connectivity index (χ4v) is 7.47. The van der Waals surface area contributed by atoms with Gasteiger partial charge in [-0.2, -0.15) is 0 Å². The van der Waals surface area contributed by atoms with Crippen molar-refractivity contribution in [1.29, 1.82) is 0 Å². The van der Waals surface area contributed by atoms with E-state index >= 15 is 0 Å². The van der Waals surface area contributed by atoms with Crippen LogP contribution in [0.3, 0.4) is 0 Å². The Morgan fingerprint density at radius 1 is 0.412 bits per heavy atom. The van der Waals surface area contributed by atoms with Crippen molar-refractivity contribution in [2.75, 3.05) is 0 Å². The van der Waals surface area contributed by atoms with Crippen LogP contribution in [0.5, 0.6) is 0 Å². The molecule has 4 rings (SSSR count). The van der Waals surface area contributed by atoms with E-state index in [1.807, 2.05) is 48.5 Å². The Bertz CT molecular complexity index is 1070. The molecule has 0 saturated carbocycles. The molecule has 0 fully saturated rings. The number of pyridine rings is 4. The van der Waals surface area contributed by atoms with Gasteiger partial charge < -0.3 is 0 Å². The van der Waals surface area contributed by atoms with Gasteiger partial charge in [0, 0.05) is 69.2 Å². The van der Waals surface area contributed by atoms with Crippen molar-refractivity contribution in [3.8, 4) is 0 Å². The van der Waals surface area contributed by atoms with Crippen molar-refractivity contribution in [3.63, 3.8) is 0 Å². The number of halogens is 2. The SMILES string of the molecule is ClC(=C(Sc1ccncc1)Sc1ccncc1)C(Cl)=C(Sc1ccncc1)Sc1ccncc1. The lowest BCUT2D eigenvalue weighted by atomic mass is 10.5. The Kier molecular flexibility index (Phi) is 9.79. The van der Waals surface area contributed by atoms with Gasteiger partial charge in [0.05, 0.1) is 18.5 Å². The van der Waals surface area contributed by atoms with Gasteiger partial charge in [-0.15, -0.1) is 0 Å². The van der Waals surface area contributed by atoms with Crippen molar-refractivity contribution in [2.45, 2.75) is 19.6 Å². The number of hydrogen-bond acceptors (Lipinski definition) is 8. The molecule has 0 aromatic carbocycles. The first kappa shape index (κ1) is 25.2. The second-order valence-electron chi connectivity index (χ2n) is 6.34. The molecule has 0 atom stereocenters. The summed E-state index contributed by atoms with van der Waals surface area (Å²) in [7, 11) is 0. The molecule has 0 radical (unpaired) electrons. The molecular weight excluding hydrogens is 543 g/mol. The lowest BCUT2D eigenvalue weighted by molar-refractivity contribution is 1.26. The summed E-state index contributed by atoms with van der Waals surface area (Å²) in [5, 5.41) is 0.951. The van der Waals surface area contributed by atoms with Crippen LogP contribution in [0.4, 0.5) is 0 Å². The molecule has 0 unspecified atom stereocenters. The average molecular weight is 560 g/mol. The molecule has 10 heteroatoms. The minimum absolute atomic E-state index is 0.475. The first-order valence-corrected chi connectivity index (χ1v) is 13.8. The third-order valence-corrected chi connectivity index (χ3v) is 9.88. The number of thioether (sulfide) groups is 4. The van der Waals surface area contributed by atoms with E-state index in [9.17, 15) is 0 Å². The highest BCUT2D eigenvalue weighted by molar-refractivity contribution is 8.23. The maximum atomic E-state index is 6.99. The maximum Gasteiger partial charge on any atom is 0.0816 e. The fraction of sp³-hybridized carbons (Fsp3) is 0. The monoisotopic (exact) mass is 558 g/mol. The zero-order valence-electron chi connectivity index (χ0n) is 17.4. The molecule has 0 saturated heterocycles. The first-order valence-electron chi connectivity index (χ1n) is 9.80. The average Bonchev–Trinajstić information content (AvgIpc) is 2.89. The Hall–Kier alpha value is -1.94. The third-order valence-electron chi connectivity index (χ3n) is 3.99. The largest absolute Gasteiger partial charge is 0.265 e. The van der Waals surface area contributed by atoms with Crippen LogP contribution in [0.15, 0.2) is 136 Å². The molecule has 4 heterocycles. The van der Waals surface area contributed by atoms with E-state index in [4.69, 9.17) is 23.2 Å². The number of aromatic nitrogens is 4. The molecule has 0 bridgehead atoms. The van der Waals surface area contributed by atoms with Gasteiger partial charge in [-0.3, -0.25) is 19.9 Å². The quantitative estimate of drug-likeness (QED) is 0.149. The molecule has 0 spiro atoms.